The van der Waals surface area contributed by atoms with E-state index in [9.17, 15) is 4.79 Å². The molecule has 0 aliphatic carbocycles. The van der Waals surface area contributed by atoms with Crippen LogP contribution in [0.4, 0.5) is 5.69 Å². The molecular formula is C23H20BrN3O3. The number of hydrogen-bond acceptors (Lipinski definition) is 4. The lowest BCUT2D eigenvalue weighted by atomic mass is 10.1. The second-order valence-corrected chi connectivity index (χ2v) is 7.73. The van der Waals surface area contributed by atoms with E-state index in [-0.39, 0.29) is 18.3 Å². The molecule has 7 heteroatoms. The molecule has 1 N–H and O–H groups in total. The van der Waals surface area contributed by atoms with Crippen LogP contribution in [-0.4, -0.2) is 15.7 Å². The average Bonchev–Trinajstić information content (AvgIpc) is 3.39. The van der Waals surface area contributed by atoms with Crippen LogP contribution < -0.4 is 10.1 Å². The van der Waals surface area contributed by atoms with Gasteiger partial charge in [0.15, 0.2) is 5.76 Å². The maximum Gasteiger partial charge on any atom is 0.291 e. The average molecular weight is 466 g/mol. The van der Waals surface area contributed by atoms with Gasteiger partial charge in [-0.25, -0.2) is 0 Å². The van der Waals surface area contributed by atoms with Gasteiger partial charge in [0.1, 0.15) is 18.1 Å². The SMILES string of the molecule is Cc1ccccc1Cn1cc(NC(=O)c2ccc(COc3ccc(Br)cc3)o2)cn1. The van der Waals surface area contributed by atoms with Gasteiger partial charge in [-0.05, 0) is 54.4 Å². The molecule has 0 unspecified atom stereocenters. The fraction of sp³-hybridized carbons (Fsp3) is 0.130. The van der Waals surface area contributed by atoms with Gasteiger partial charge in [0.25, 0.3) is 5.91 Å². The fourth-order valence-corrected chi connectivity index (χ4v) is 3.20. The van der Waals surface area contributed by atoms with Crippen LogP contribution in [0, 0.1) is 6.92 Å². The van der Waals surface area contributed by atoms with Gasteiger partial charge in [0.05, 0.1) is 18.4 Å². The van der Waals surface area contributed by atoms with Crippen molar-refractivity contribution in [2.24, 2.45) is 0 Å². The van der Waals surface area contributed by atoms with Gasteiger partial charge in [0.2, 0.25) is 0 Å². The summed E-state index contributed by atoms with van der Waals surface area (Å²) in [6, 6.07) is 19.0. The third-order valence-electron chi connectivity index (χ3n) is 4.56. The Hall–Kier alpha value is -3.32. The quantitative estimate of drug-likeness (QED) is 0.395. The van der Waals surface area contributed by atoms with E-state index >= 15 is 0 Å². The zero-order valence-corrected chi connectivity index (χ0v) is 17.9. The molecular weight excluding hydrogens is 446 g/mol. The van der Waals surface area contributed by atoms with Crippen LogP contribution in [0.5, 0.6) is 5.75 Å². The number of furan rings is 1. The van der Waals surface area contributed by atoms with Crippen molar-refractivity contribution in [2.45, 2.75) is 20.1 Å². The first-order valence-corrected chi connectivity index (χ1v) is 10.2. The molecule has 4 aromatic rings. The summed E-state index contributed by atoms with van der Waals surface area (Å²) in [4.78, 5) is 12.5. The maximum atomic E-state index is 12.5. The highest BCUT2D eigenvalue weighted by Gasteiger charge is 2.13. The number of carbonyl (C=O) groups is 1. The van der Waals surface area contributed by atoms with Crippen LogP contribution in [0.15, 0.2) is 81.9 Å². The standard InChI is InChI=1S/C23H20BrN3O3/c1-16-4-2-3-5-17(16)13-27-14-19(12-25-27)26-23(28)22-11-10-21(30-22)15-29-20-8-6-18(24)7-9-20/h2-12,14H,13,15H2,1H3,(H,26,28). The summed E-state index contributed by atoms with van der Waals surface area (Å²) in [5, 5.41) is 7.13. The lowest BCUT2D eigenvalue weighted by Crippen LogP contribution is -2.10. The largest absolute Gasteiger partial charge is 0.486 e. The number of halogens is 1. The second kappa shape index (κ2) is 9.00. The van der Waals surface area contributed by atoms with Crippen LogP contribution in [-0.2, 0) is 13.2 Å². The van der Waals surface area contributed by atoms with Crippen molar-refractivity contribution >= 4 is 27.5 Å². The second-order valence-electron chi connectivity index (χ2n) is 6.82. The van der Waals surface area contributed by atoms with Gasteiger partial charge >= 0.3 is 0 Å². The molecule has 2 aromatic heterocycles. The molecule has 0 bridgehead atoms. The van der Waals surface area contributed by atoms with Crippen LogP contribution in [0.25, 0.3) is 0 Å². The molecule has 0 saturated heterocycles. The van der Waals surface area contributed by atoms with E-state index in [0.717, 1.165) is 10.2 Å². The lowest BCUT2D eigenvalue weighted by molar-refractivity contribution is 0.0992. The molecule has 0 aliphatic heterocycles. The Kier molecular flexibility index (Phi) is 5.99. The normalized spacial score (nSPS) is 10.7. The topological polar surface area (TPSA) is 69.3 Å². The zero-order valence-electron chi connectivity index (χ0n) is 16.3. The number of nitrogens with one attached hydrogen (secondary N) is 1. The van der Waals surface area contributed by atoms with Crippen molar-refractivity contribution in [3.63, 3.8) is 0 Å². The number of carbonyl (C=O) groups excluding carboxylic acids is 1. The first-order valence-electron chi connectivity index (χ1n) is 9.42. The van der Waals surface area contributed by atoms with Gasteiger partial charge in [-0.1, -0.05) is 40.2 Å². The summed E-state index contributed by atoms with van der Waals surface area (Å²) >= 11 is 3.38. The number of nitrogens with zero attached hydrogens (tertiary/aromatic N) is 2. The Morgan fingerprint density at radius 2 is 1.93 bits per heavy atom. The summed E-state index contributed by atoms with van der Waals surface area (Å²) < 4.78 is 14.0. The Balaban J connectivity index is 1.34. The van der Waals surface area contributed by atoms with Crippen LogP contribution in [0.1, 0.15) is 27.4 Å². The molecule has 0 aliphatic rings. The molecule has 30 heavy (non-hydrogen) atoms. The van der Waals surface area contributed by atoms with Crippen LogP contribution in [0.2, 0.25) is 0 Å². The van der Waals surface area contributed by atoms with Crippen molar-refractivity contribution in [1.29, 1.82) is 0 Å². The van der Waals surface area contributed by atoms with Gasteiger partial charge in [-0.15, -0.1) is 0 Å². The fourth-order valence-electron chi connectivity index (χ4n) is 2.93. The molecule has 0 fully saturated rings. The Bertz CT molecular complexity index is 1150. The monoisotopic (exact) mass is 465 g/mol. The summed E-state index contributed by atoms with van der Waals surface area (Å²) in [5.74, 6) is 1.18. The molecule has 2 aromatic carbocycles. The summed E-state index contributed by atoms with van der Waals surface area (Å²) in [6.07, 6.45) is 3.42. The van der Waals surface area contributed by atoms with Crippen molar-refractivity contribution < 1.29 is 13.9 Å². The molecule has 0 spiro atoms. The Labute approximate surface area is 182 Å². The number of aryl methyl sites for hydroxylation is 1. The first-order chi connectivity index (χ1) is 14.6. The predicted molar refractivity (Wildman–Crippen MR) is 118 cm³/mol. The minimum Gasteiger partial charge on any atom is -0.486 e. The Morgan fingerprint density at radius 3 is 2.73 bits per heavy atom. The lowest BCUT2D eigenvalue weighted by Gasteiger charge is -2.05. The predicted octanol–water partition coefficient (Wildman–Crippen LogP) is 5.43. The van der Waals surface area contributed by atoms with Crippen LogP contribution in [0.3, 0.4) is 0 Å². The zero-order chi connectivity index (χ0) is 20.9. The molecule has 0 saturated carbocycles. The highest BCUT2D eigenvalue weighted by atomic mass is 79.9. The minimum atomic E-state index is -0.333. The van der Waals surface area contributed by atoms with E-state index in [2.05, 4.69) is 45.4 Å². The van der Waals surface area contributed by atoms with E-state index in [1.807, 2.05) is 36.4 Å². The number of benzene rings is 2. The highest BCUT2D eigenvalue weighted by molar-refractivity contribution is 9.10. The Morgan fingerprint density at radius 1 is 1.13 bits per heavy atom. The summed E-state index contributed by atoms with van der Waals surface area (Å²) in [6.45, 7) is 2.95. The molecule has 1 amide bonds. The number of anilines is 1. The molecule has 2 heterocycles. The molecule has 4 rings (SSSR count). The number of ether oxygens (including phenoxy) is 1. The van der Waals surface area contributed by atoms with Crippen molar-refractivity contribution in [3.05, 3.63) is 100 Å². The van der Waals surface area contributed by atoms with Gasteiger partial charge in [-0.2, -0.15) is 5.10 Å². The first kappa shape index (κ1) is 20.0. The smallest absolute Gasteiger partial charge is 0.291 e. The number of rotatable bonds is 7. The number of amides is 1. The third kappa shape index (κ3) is 4.99. The van der Waals surface area contributed by atoms with Gasteiger partial charge in [-0.3, -0.25) is 9.48 Å². The molecule has 0 atom stereocenters. The third-order valence-corrected chi connectivity index (χ3v) is 5.09. The molecule has 6 nitrogen and oxygen atoms in total. The van der Waals surface area contributed by atoms with Gasteiger partial charge in [0, 0.05) is 10.7 Å². The summed E-state index contributed by atoms with van der Waals surface area (Å²) in [5.41, 5.74) is 2.99. The maximum absolute atomic E-state index is 12.5. The minimum absolute atomic E-state index is 0.219. The van der Waals surface area contributed by atoms with E-state index < -0.39 is 0 Å². The van der Waals surface area contributed by atoms with Crippen LogP contribution >= 0.6 is 15.9 Å². The van der Waals surface area contributed by atoms with Crippen molar-refractivity contribution in [2.75, 3.05) is 5.32 Å². The van der Waals surface area contributed by atoms with E-state index in [4.69, 9.17) is 9.15 Å². The molecule has 0 radical (unpaired) electrons. The number of hydrogen-bond donors (Lipinski definition) is 1. The van der Waals surface area contributed by atoms with Crippen molar-refractivity contribution in [1.82, 2.24) is 9.78 Å². The highest BCUT2D eigenvalue weighted by Crippen LogP contribution is 2.19. The van der Waals surface area contributed by atoms with Crippen molar-refractivity contribution in [3.8, 4) is 5.75 Å². The molecule has 152 valence electrons. The van der Waals surface area contributed by atoms with E-state index in [0.29, 0.717) is 18.0 Å². The van der Waals surface area contributed by atoms with E-state index in [1.165, 1.54) is 11.1 Å². The number of aromatic nitrogens is 2. The van der Waals surface area contributed by atoms with E-state index in [1.54, 1.807) is 29.2 Å². The summed E-state index contributed by atoms with van der Waals surface area (Å²) in [7, 11) is 0. The van der Waals surface area contributed by atoms with Gasteiger partial charge < -0.3 is 14.5 Å².